The fraction of sp³-hybridized carbons (Fsp3) is 0.533. The molecule has 0 unspecified atom stereocenters. The third kappa shape index (κ3) is 5.20. The molecule has 1 rings (SSSR count). The molecule has 0 saturated carbocycles. The molecule has 0 bridgehead atoms. The molecule has 0 radical (unpaired) electrons. The Morgan fingerprint density at radius 1 is 1.32 bits per heavy atom. The van der Waals surface area contributed by atoms with Gasteiger partial charge in [-0.3, -0.25) is 4.79 Å². The fourth-order valence-electron chi connectivity index (χ4n) is 1.59. The highest BCUT2D eigenvalue weighted by Gasteiger charge is 2.17. The first-order valence-corrected chi connectivity index (χ1v) is 6.66. The van der Waals surface area contributed by atoms with Gasteiger partial charge in [0.15, 0.2) is 0 Å². The normalized spacial score (nSPS) is 11.0. The van der Waals surface area contributed by atoms with Crippen molar-refractivity contribution in [1.82, 2.24) is 5.32 Å². The first-order valence-electron chi connectivity index (χ1n) is 6.66. The SMILES string of the molecule is CCC(C)(C)NC(=O)CNc1cccc(N(C)C)c1. The van der Waals surface area contributed by atoms with Crippen LogP contribution >= 0.6 is 0 Å². The first kappa shape index (κ1) is 15.3. The summed E-state index contributed by atoms with van der Waals surface area (Å²) in [5, 5.41) is 6.15. The second-order valence-electron chi connectivity index (χ2n) is 5.58. The van der Waals surface area contributed by atoms with Crippen LogP contribution in [0, 0.1) is 0 Å². The van der Waals surface area contributed by atoms with Gasteiger partial charge in [0.25, 0.3) is 0 Å². The molecule has 0 aromatic heterocycles. The molecule has 0 aliphatic heterocycles. The molecule has 106 valence electrons. The van der Waals surface area contributed by atoms with Gasteiger partial charge in [-0.1, -0.05) is 13.0 Å². The molecule has 0 saturated heterocycles. The Balaban J connectivity index is 2.53. The second-order valence-corrected chi connectivity index (χ2v) is 5.58. The van der Waals surface area contributed by atoms with Crippen LogP contribution in [-0.2, 0) is 4.79 Å². The average molecular weight is 263 g/mol. The lowest BCUT2D eigenvalue weighted by Crippen LogP contribution is -2.45. The minimum absolute atomic E-state index is 0.0158. The van der Waals surface area contributed by atoms with Gasteiger partial charge in [-0.05, 0) is 38.5 Å². The summed E-state index contributed by atoms with van der Waals surface area (Å²) in [6, 6.07) is 8.00. The largest absolute Gasteiger partial charge is 0.378 e. The van der Waals surface area contributed by atoms with Crippen molar-refractivity contribution in [3.8, 4) is 0 Å². The van der Waals surface area contributed by atoms with Crippen molar-refractivity contribution in [2.45, 2.75) is 32.7 Å². The number of hydrogen-bond acceptors (Lipinski definition) is 3. The van der Waals surface area contributed by atoms with Gasteiger partial charge in [-0.2, -0.15) is 0 Å². The lowest BCUT2D eigenvalue weighted by atomic mass is 10.0. The molecule has 0 aliphatic carbocycles. The Bertz CT molecular complexity index is 427. The van der Waals surface area contributed by atoms with Crippen molar-refractivity contribution in [2.75, 3.05) is 30.9 Å². The summed E-state index contributed by atoms with van der Waals surface area (Å²) in [6.07, 6.45) is 0.912. The molecule has 1 amide bonds. The molecule has 0 atom stereocenters. The number of anilines is 2. The highest BCUT2D eigenvalue weighted by Crippen LogP contribution is 2.17. The van der Waals surface area contributed by atoms with Gasteiger partial charge in [0.05, 0.1) is 6.54 Å². The Morgan fingerprint density at radius 3 is 2.58 bits per heavy atom. The van der Waals surface area contributed by atoms with Crippen molar-refractivity contribution in [2.24, 2.45) is 0 Å². The molecule has 19 heavy (non-hydrogen) atoms. The Kier molecular flexibility index (Phi) is 5.21. The maximum Gasteiger partial charge on any atom is 0.239 e. The van der Waals surface area contributed by atoms with Crippen LogP contribution in [0.4, 0.5) is 11.4 Å². The fourth-order valence-corrected chi connectivity index (χ4v) is 1.59. The number of amides is 1. The maximum atomic E-state index is 11.8. The number of rotatable bonds is 6. The zero-order chi connectivity index (χ0) is 14.5. The Hall–Kier alpha value is -1.71. The van der Waals surface area contributed by atoms with Crippen LogP contribution in [0.1, 0.15) is 27.2 Å². The molecule has 4 heteroatoms. The van der Waals surface area contributed by atoms with Gasteiger partial charge in [-0.15, -0.1) is 0 Å². The topological polar surface area (TPSA) is 44.4 Å². The molecular weight excluding hydrogens is 238 g/mol. The molecule has 1 aromatic carbocycles. The van der Waals surface area contributed by atoms with E-state index < -0.39 is 0 Å². The van der Waals surface area contributed by atoms with E-state index >= 15 is 0 Å². The third-order valence-electron chi connectivity index (χ3n) is 3.18. The van der Waals surface area contributed by atoms with E-state index in [0.717, 1.165) is 17.8 Å². The quantitative estimate of drug-likeness (QED) is 0.828. The Morgan fingerprint density at radius 2 is 2.00 bits per heavy atom. The predicted molar refractivity (Wildman–Crippen MR) is 81.8 cm³/mol. The summed E-state index contributed by atoms with van der Waals surface area (Å²) in [5.74, 6) is 0.0158. The molecule has 0 heterocycles. The van der Waals surface area contributed by atoms with Crippen LogP contribution in [0.15, 0.2) is 24.3 Å². The molecule has 0 fully saturated rings. The lowest BCUT2D eigenvalue weighted by molar-refractivity contribution is -0.121. The summed E-state index contributed by atoms with van der Waals surface area (Å²) < 4.78 is 0. The summed E-state index contributed by atoms with van der Waals surface area (Å²) in [5.41, 5.74) is 1.92. The van der Waals surface area contributed by atoms with Crippen molar-refractivity contribution in [1.29, 1.82) is 0 Å². The zero-order valence-corrected chi connectivity index (χ0v) is 12.6. The van der Waals surface area contributed by atoms with Crippen molar-refractivity contribution in [3.05, 3.63) is 24.3 Å². The molecule has 4 nitrogen and oxygen atoms in total. The number of carbonyl (C=O) groups excluding carboxylic acids is 1. The van der Waals surface area contributed by atoms with E-state index in [-0.39, 0.29) is 11.4 Å². The summed E-state index contributed by atoms with van der Waals surface area (Å²) in [6.45, 7) is 6.41. The standard InChI is InChI=1S/C15H25N3O/c1-6-15(2,3)17-14(19)11-16-12-8-7-9-13(10-12)18(4)5/h7-10,16H,6,11H2,1-5H3,(H,17,19). The van der Waals surface area contributed by atoms with Crippen LogP contribution in [0.2, 0.25) is 0 Å². The monoisotopic (exact) mass is 263 g/mol. The highest BCUT2D eigenvalue weighted by molar-refractivity contribution is 5.81. The van der Waals surface area contributed by atoms with E-state index in [0.29, 0.717) is 6.54 Å². The number of nitrogens with one attached hydrogen (secondary N) is 2. The third-order valence-corrected chi connectivity index (χ3v) is 3.18. The second kappa shape index (κ2) is 6.45. The van der Waals surface area contributed by atoms with Gasteiger partial charge < -0.3 is 15.5 Å². The van der Waals surface area contributed by atoms with Crippen LogP contribution < -0.4 is 15.5 Å². The lowest BCUT2D eigenvalue weighted by Gasteiger charge is -2.24. The number of carbonyl (C=O) groups is 1. The Labute approximate surface area is 116 Å². The molecule has 2 N–H and O–H groups in total. The predicted octanol–water partition coefficient (Wildman–Crippen LogP) is 2.47. The molecule has 0 spiro atoms. The van der Waals surface area contributed by atoms with E-state index in [1.54, 1.807) is 0 Å². The van der Waals surface area contributed by atoms with Crippen LogP contribution in [-0.4, -0.2) is 32.1 Å². The van der Waals surface area contributed by atoms with E-state index in [2.05, 4.69) is 17.6 Å². The number of nitrogens with zero attached hydrogens (tertiary/aromatic N) is 1. The zero-order valence-electron chi connectivity index (χ0n) is 12.6. The van der Waals surface area contributed by atoms with E-state index in [9.17, 15) is 4.79 Å². The minimum Gasteiger partial charge on any atom is -0.378 e. The molecule has 0 aliphatic rings. The number of hydrogen-bond donors (Lipinski definition) is 2. The first-order chi connectivity index (χ1) is 8.84. The van der Waals surface area contributed by atoms with Gasteiger partial charge in [-0.25, -0.2) is 0 Å². The van der Waals surface area contributed by atoms with Gasteiger partial charge in [0.1, 0.15) is 0 Å². The maximum absolute atomic E-state index is 11.8. The number of benzene rings is 1. The van der Waals surface area contributed by atoms with Crippen molar-refractivity contribution >= 4 is 17.3 Å². The van der Waals surface area contributed by atoms with Gasteiger partial charge in [0, 0.05) is 31.0 Å². The van der Waals surface area contributed by atoms with Crippen molar-refractivity contribution in [3.63, 3.8) is 0 Å². The summed E-state index contributed by atoms with van der Waals surface area (Å²) >= 11 is 0. The summed E-state index contributed by atoms with van der Waals surface area (Å²) in [4.78, 5) is 13.9. The molecular formula is C15H25N3O. The van der Waals surface area contributed by atoms with Crippen molar-refractivity contribution < 1.29 is 4.79 Å². The van der Waals surface area contributed by atoms with Crippen LogP contribution in [0.25, 0.3) is 0 Å². The minimum atomic E-state index is -0.149. The summed E-state index contributed by atoms with van der Waals surface area (Å²) in [7, 11) is 3.99. The van der Waals surface area contributed by atoms with E-state index in [4.69, 9.17) is 0 Å². The smallest absolute Gasteiger partial charge is 0.239 e. The van der Waals surface area contributed by atoms with Gasteiger partial charge >= 0.3 is 0 Å². The molecule has 1 aromatic rings. The van der Waals surface area contributed by atoms with Crippen LogP contribution in [0.3, 0.4) is 0 Å². The average Bonchev–Trinajstić information content (AvgIpc) is 2.36. The van der Waals surface area contributed by atoms with E-state index in [1.807, 2.05) is 57.1 Å². The highest BCUT2D eigenvalue weighted by atomic mass is 16.2. The van der Waals surface area contributed by atoms with Gasteiger partial charge in [0.2, 0.25) is 5.91 Å². The van der Waals surface area contributed by atoms with Crippen LogP contribution in [0.5, 0.6) is 0 Å². The van der Waals surface area contributed by atoms with E-state index in [1.165, 1.54) is 0 Å².